The molecule has 3 heterocycles. The molecule has 1 aromatic heterocycles. The molecule has 9 heteroatoms. The first-order valence-electron chi connectivity index (χ1n) is 10.3. The van der Waals surface area contributed by atoms with E-state index < -0.39 is 0 Å². The summed E-state index contributed by atoms with van der Waals surface area (Å²) in [6.45, 7) is 4.72. The first-order valence-corrected chi connectivity index (χ1v) is 11.1. The van der Waals surface area contributed by atoms with Crippen molar-refractivity contribution in [2.24, 2.45) is 0 Å². The van der Waals surface area contributed by atoms with Crippen molar-refractivity contribution in [3.05, 3.63) is 34.7 Å². The van der Waals surface area contributed by atoms with Crippen molar-refractivity contribution in [3.8, 4) is 0 Å². The van der Waals surface area contributed by atoms with Crippen LogP contribution in [0.25, 0.3) is 10.1 Å². The second-order valence-electron chi connectivity index (χ2n) is 7.41. The van der Waals surface area contributed by atoms with E-state index in [0.29, 0.717) is 44.3 Å². The molecular weight excluding hydrogens is 406 g/mol. The molecule has 2 aliphatic heterocycles. The van der Waals surface area contributed by atoms with Gasteiger partial charge in [-0.1, -0.05) is 18.2 Å². The maximum absolute atomic E-state index is 12.9. The van der Waals surface area contributed by atoms with Gasteiger partial charge in [-0.15, -0.1) is 11.3 Å². The molecule has 2 fully saturated rings. The molecule has 1 atom stereocenters. The highest BCUT2D eigenvalue weighted by Crippen LogP contribution is 2.38. The molecule has 0 spiro atoms. The van der Waals surface area contributed by atoms with Crippen LogP contribution in [-0.2, 0) is 14.3 Å². The number of amides is 2. The summed E-state index contributed by atoms with van der Waals surface area (Å²) in [6.07, 6.45) is -0.363. The molecule has 0 aliphatic carbocycles. The van der Waals surface area contributed by atoms with E-state index in [9.17, 15) is 9.59 Å². The molecule has 30 heavy (non-hydrogen) atoms. The van der Waals surface area contributed by atoms with Crippen LogP contribution >= 0.6 is 11.3 Å². The average molecular weight is 434 g/mol. The molecular formula is C21H27N3O5S. The van der Waals surface area contributed by atoms with E-state index >= 15 is 0 Å². The van der Waals surface area contributed by atoms with Crippen LogP contribution in [0.2, 0.25) is 0 Å². The summed E-state index contributed by atoms with van der Waals surface area (Å²) in [5.74, 6) is -0.142. The van der Waals surface area contributed by atoms with E-state index in [0.717, 1.165) is 28.7 Å². The minimum Gasteiger partial charge on any atom is -0.395 e. The van der Waals surface area contributed by atoms with Crippen molar-refractivity contribution in [1.29, 1.82) is 0 Å². The van der Waals surface area contributed by atoms with Crippen LogP contribution in [0.1, 0.15) is 21.3 Å². The molecule has 2 amide bonds. The lowest BCUT2D eigenvalue weighted by Gasteiger charge is -2.35. The predicted octanol–water partition coefficient (Wildman–Crippen LogP) is 0.855. The number of carbonyl (C=O) groups is 2. The van der Waals surface area contributed by atoms with Crippen LogP contribution in [0, 0.1) is 0 Å². The molecule has 0 bridgehead atoms. The van der Waals surface area contributed by atoms with Gasteiger partial charge >= 0.3 is 0 Å². The van der Waals surface area contributed by atoms with E-state index in [-0.39, 0.29) is 31.1 Å². The molecule has 162 valence electrons. The number of carbonyl (C=O) groups excluding carboxylic acids is 2. The van der Waals surface area contributed by atoms with Gasteiger partial charge < -0.3 is 24.8 Å². The number of morpholine rings is 2. The smallest absolute Gasteiger partial charge is 0.261 e. The molecule has 1 aromatic carbocycles. The Labute approximate surface area is 179 Å². The minimum absolute atomic E-state index is 0.0796. The molecule has 8 nitrogen and oxygen atoms in total. The molecule has 2 N–H and O–H groups in total. The number of benzene rings is 1. The van der Waals surface area contributed by atoms with Gasteiger partial charge in [0.15, 0.2) is 0 Å². The highest BCUT2D eigenvalue weighted by Gasteiger charge is 2.32. The number of nitrogens with zero attached hydrogens (tertiary/aromatic N) is 2. The summed E-state index contributed by atoms with van der Waals surface area (Å²) < 4.78 is 12.4. The second-order valence-corrected chi connectivity index (χ2v) is 8.46. The fourth-order valence-corrected chi connectivity index (χ4v) is 5.08. The standard InChI is InChI=1S/C21H27N3O5S/c25-9-5-22-21(27)20-19(15-3-1-2-4-17(15)30-20)16-13-24(8-12-29-16)18(26)14-23-6-10-28-11-7-23/h1-4,16,25H,5-14H2,(H,22,27)/t16-/m0/s1. The molecule has 4 rings (SSSR count). The Morgan fingerprint density at radius 3 is 2.77 bits per heavy atom. The molecule has 2 aromatic rings. The lowest BCUT2D eigenvalue weighted by atomic mass is 10.0. The Morgan fingerprint density at radius 1 is 1.17 bits per heavy atom. The summed E-state index contributed by atoms with van der Waals surface area (Å²) in [5, 5.41) is 12.8. The number of nitrogens with one attached hydrogen (secondary N) is 1. The third-order valence-corrected chi connectivity index (χ3v) is 6.63. The van der Waals surface area contributed by atoms with Crippen LogP contribution in [0.5, 0.6) is 0 Å². The SMILES string of the molecule is O=C(NCCO)c1sc2ccccc2c1[C@@H]1CN(C(=O)CN2CCOCC2)CCO1. The van der Waals surface area contributed by atoms with Gasteiger partial charge in [0.1, 0.15) is 6.10 Å². The van der Waals surface area contributed by atoms with Crippen molar-refractivity contribution in [2.75, 3.05) is 65.7 Å². The fourth-order valence-electron chi connectivity index (χ4n) is 3.90. The predicted molar refractivity (Wildman–Crippen MR) is 114 cm³/mol. The largest absolute Gasteiger partial charge is 0.395 e. The van der Waals surface area contributed by atoms with Gasteiger partial charge in [-0.3, -0.25) is 14.5 Å². The van der Waals surface area contributed by atoms with Gasteiger partial charge in [0.25, 0.3) is 5.91 Å². The highest BCUT2D eigenvalue weighted by atomic mass is 32.1. The van der Waals surface area contributed by atoms with Gasteiger partial charge in [0.05, 0.1) is 44.4 Å². The maximum Gasteiger partial charge on any atom is 0.261 e. The van der Waals surface area contributed by atoms with Gasteiger partial charge in [-0.2, -0.15) is 0 Å². The van der Waals surface area contributed by atoms with Gasteiger partial charge in [0.2, 0.25) is 5.91 Å². The van der Waals surface area contributed by atoms with Crippen molar-refractivity contribution >= 4 is 33.2 Å². The Balaban J connectivity index is 1.55. The quantitative estimate of drug-likeness (QED) is 0.702. The van der Waals surface area contributed by atoms with Gasteiger partial charge in [0, 0.05) is 36.4 Å². The van der Waals surface area contributed by atoms with Crippen molar-refractivity contribution in [1.82, 2.24) is 15.1 Å². The minimum atomic E-state index is -0.363. The Morgan fingerprint density at radius 2 is 1.97 bits per heavy atom. The van der Waals surface area contributed by atoms with Crippen molar-refractivity contribution < 1.29 is 24.2 Å². The fraction of sp³-hybridized carbons (Fsp3) is 0.524. The van der Waals surface area contributed by atoms with Crippen LogP contribution in [0.3, 0.4) is 0 Å². The summed E-state index contributed by atoms with van der Waals surface area (Å²) in [5.41, 5.74) is 0.829. The van der Waals surface area contributed by atoms with Crippen LogP contribution in [0.4, 0.5) is 0 Å². The lowest BCUT2D eigenvalue weighted by molar-refractivity contribution is -0.141. The van der Waals surface area contributed by atoms with Crippen LogP contribution in [0.15, 0.2) is 24.3 Å². The zero-order valence-electron chi connectivity index (χ0n) is 16.8. The zero-order valence-corrected chi connectivity index (χ0v) is 17.7. The molecule has 2 aliphatic rings. The van der Waals surface area contributed by atoms with Gasteiger partial charge in [-0.05, 0) is 11.5 Å². The van der Waals surface area contributed by atoms with Crippen LogP contribution in [-0.4, -0.2) is 92.4 Å². The third kappa shape index (κ3) is 4.65. The first kappa shape index (κ1) is 21.2. The van der Waals surface area contributed by atoms with Crippen LogP contribution < -0.4 is 5.32 Å². The normalized spacial score (nSPS) is 20.4. The van der Waals surface area contributed by atoms with E-state index in [1.165, 1.54) is 11.3 Å². The van der Waals surface area contributed by atoms with E-state index in [1.807, 2.05) is 29.2 Å². The second kappa shape index (κ2) is 9.84. The zero-order chi connectivity index (χ0) is 20.9. The molecule has 0 unspecified atom stereocenters. The monoisotopic (exact) mass is 433 g/mol. The number of fused-ring (bicyclic) bond motifs is 1. The van der Waals surface area contributed by atoms with E-state index in [4.69, 9.17) is 14.6 Å². The summed E-state index contributed by atoms with van der Waals surface area (Å²) in [4.78, 5) is 30.2. The van der Waals surface area contributed by atoms with Crippen molar-refractivity contribution in [3.63, 3.8) is 0 Å². The Kier molecular flexibility index (Phi) is 6.96. The molecule has 0 radical (unpaired) electrons. The van der Waals surface area contributed by atoms with E-state index in [2.05, 4.69) is 10.2 Å². The summed E-state index contributed by atoms with van der Waals surface area (Å²) >= 11 is 1.41. The third-order valence-electron chi connectivity index (χ3n) is 5.44. The maximum atomic E-state index is 12.9. The topological polar surface area (TPSA) is 91.3 Å². The Hall–Kier alpha value is -2.04. The number of aliphatic hydroxyl groups excluding tert-OH is 1. The average Bonchev–Trinajstić information content (AvgIpc) is 3.18. The number of hydrogen-bond donors (Lipinski definition) is 2. The summed E-state index contributed by atoms with van der Waals surface area (Å²) in [6, 6.07) is 7.86. The highest BCUT2D eigenvalue weighted by molar-refractivity contribution is 7.21. The Bertz CT molecular complexity index is 896. The van der Waals surface area contributed by atoms with E-state index in [1.54, 1.807) is 0 Å². The summed E-state index contributed by atoms with van der Waals surface area (Å²) in [7, 11) is 0. The number of ether oxygens (including phenoxy) is 2. The van der Waals surface area contributed by atoms with Crippen molar-refractivity contribution in [2.45, 2.75) is 6.10 Å². The first-order chi connectivity index (χ1) is 14.7. The molecule has 0 saturated carbocycles. The van der Waals surface area contributed by atoms with Gasteiger partial charge in [-0.25, -0.2) is 0 Å². The molecule has 2 saturated heterocycles. The number of rotatable bonds is 6. The lowest BCUT2D eigenvalue weighted by Crippen LogP contribution is -2.48. The number of hydrogen-bond acceptors (Lipinski definition) is 7. The number of thiophene rings is 1. The number of aliphatic hydroxyl groups is 1.